The van der Waals surface area contributed by atoms with Crippen LogP contribution in [0.15, 0.2) is 12.3 Å². The molecule has 0 atom stereocenters. The summed E-state index contributed by atoms with van der Waals surface area (Å²) < 4.78 is 0. The molecule has 1 aromatic rings. The molecule has 0 saturated carbocycles. The van der Waals surface area contributed by atoms with Crippen molar-refractivity contribution < 1.29 is 9.90 Å². The Morgan fingerprint density at radius 1 is 1.64 bits per heavy atom. The molecule has 1 N–H and O–H groups in total. The highest BCUT2D eigenvalue weighted by Gasteiger charge is 2.10. The molecule has 0 aliphatic carbocycles. The van der Waals surface area contributed by atoms with E-state index in [-0.39, 0.29) is 6.54 Å². The minimum atomic E-state index is -0.878. The summed E-state index contributed by atoms with van der Waals surface area (Å²) in [5, 5.41) is 8.65. The first kappa shape index (κ1) is 10.4. The number of aryl methyl sites for hydroxylation is 1. The number of nitrogens with zero attached hydrogens (tertiary/aromatic N) is 3. The third-order valence-corrected chi connectivity index (χ3v) is 1.77. The summed E-state index contributed by atoms with van der Waals surface area (Å²) in [4.78, 5) is 20.3. The van der Waals surface area contributed by atoms with Crippen molar-refractivity contribution >= 4 is 11.9 Å². The molecule has 76 valence electrons. The average Bonchev–Trinajstić information content (AvgIpc) is 2.14. The van der Waals surface area contributed by atoms with Crippen molar-refractivity contribution in [2.24, 2.45) is 0 Å². The van der Waals surface area contributed by atoms with Crippen molar-refractivity contribution in [2.45, 2.75) is 13.8 Å². The van der Waals surface area contributed by atoms with Crippen molar-refractivity contribution in [3.05, 3.63) is 18.0 Å². The molecule has 14 heavy (non-hydrogen) atoms. The fraction of sp³-hybridized carbons (Fsp3) is 0.444. The smallest absolute Gasteiger partial charge is 0.323 e. The van der Waals surface area contributed by atoms with Crippen molar-refractivity contribution in [2.75, 3.05) is 18.0 Å². The van der Waals surface area contributed by atoms with Gasteiger partial charge in [-0.15, -0.1) is 0 Å². The molecule has 0 aliphatic rings. The summed E-state index contributed by atoms with van der Waals surface area (Å²) in [6.45, 7) is 4.23. The summed E-state index contributed by atoms with van der Waals surface area (Å²) in [5.74, 6) is -0.410. The van der Waals surface area contributed by atoms with Crippen LogP contribution in [0.3, 0.4) is 0 Å². The Morgan fingerprint density at radius 3 is 2.86 bits per heavy atom. The van der Waals surface area contributed by atoms with Gasteiger partial charge in [0.05, 0.1) is 0 Å². The van der Waals surface area contributed by atoms with Crippen LogP contribution < -0.4 is 4.90 Å². The maximum absolute atomic E-state index is 10.5. The van der Waals surface area contributed by atoms with Crippen LogP contribution >= 0.6 is 0 Å². The summed E-state index contributed by atoms with van der Waals surface area (Å²) >= 11 is 0. The molecule has 0 radical (unpaired) electrons. The average molecular weight is 195 g/mol. The summed E-state index contributed by atoms with van der Waals surface area (Å²) in [6.07, 6.45) is 1.63. The predicted octanol–water partition coefficient (Wildman–Crippen LogP) is 0.696. The molecule has 5 heteroatoms. The largest absolute Gasteiger partial charge is 0.480 e. The molecular weight excluding hydrogens is 182 g/mol. The fourth-order valence-corrected chi connectivity index (χ4v) is 1.08. The van der Waals surface area contributed by atoms with Crippen LogP contribution in [-0.4, -0.2) is 34.1 Å². The lowest BCUT2D eigenvalue weighted by molar-refractivity contribution is -0.135. The molecule has 5 nitrogen and oxygen atoms in total. The van der Waals surface area contributed by atoms with E-state index in [1.54, 1.807) is 17.2 Å². The molecule has 1 rings (SSSR count). The molecule has 0 amide bonds. The highest BCUT2D eigenvalue weighted by molar-refractivity contribution is 5.72. The number of rotatable bonds is 4. The number of likely N-dealkylation sites (N-methyl/N-ethyl adjacent to an activating group) is 1. The predicted molar refractivity (Wildman–Crippen MR) is 52.3 cm³/mol. The van der Waals surface area contributed by atoms with Crippen molar-refractivity contribution in [3.63, 3.8) is 0 Å². The lowest BCUT2D eigenvalue weighted by atomic mass is 10.4. The highest BCUT2D eigenvalue weighted by Crippen LogP contribution is 2.05. The first-order chi connectivity index (χ1) is 6.63. The molecule has 1 aromatic heterocycles. The summed E-state index contributed by atoms with van der Waals surface area (Å²) in [6, 6.07) is 1.78. The second kappa shape index (κ2) is 4.55. The van der Waals surface area contributed by atoms with Gasteiger partial charge in [-0.3, -0.25) is 4.79 Å². The summed E-state index contributed by atoms with van der Waals surface area (Å²) in [5.41, 5.74) is 0.832. The molecule has 0 spiro atoms. The maximum Gasteiger partial charge on any atom is 0.323 e. The quantitative estimate of drug-likeness (QED) is 0.765. The Morgan fingerprint density at radius 2 is 2.36 bits per heavy atom. The monoisotopic (exact) mass is 195 g/mol. The number of aliphatic carboxylic acids is 1. The Kier molecular flexibility index (Phi) is 3.39. The number of hydrogen-bond donors (Lipinski definition) is 1. The Balaban J connectivity index is 2.83. The van der Waals surface area contributed by atoms with Gasteiger partial charge < -0.3 is 10.0 Å². The van der Waals surface area contributed by atoms with Crippen LogP contribution in [0.2, 0.25) is 0 Å². The zero-order chi connectivity index (χ0) is 10.6. The first-order valence-corrected chi connectivity index (χ1v) is 4.40. The van der Waals surface area contributed by atoms with Gasteiger partial charge in [0.2, 0.25) is 5.95 Å². The van der Waals surface area contributed by atoms with Gasteiger partial charge in [-0.2, -0.15) is 0 Å². The van der Waals surface area contributed by atoms with Gasteiger partial charge in [-0.25, -0.2) is 9.97 Å². The standard InChI is InChI=1S/C9H13N3O2/c1-3-12(6-8(13)14)9-10-5-4-7(2)11-9/h4-5H,3,6H2,1-2H3,(H,13,14). The van der Waals surface area contributed by atoms with E-state index in [0.717, 1.165) is 5.69 Å². The number of anilines is 1. The molecular formula is C9H13N3O2. The molecule has 0 bridgehead atoms. The lowest BCUT2D eigenvalue weighted by Gasteiger charge is -2.17. The maximum atomic E-state index is 10.5. The van der Waals surface area contributed by atoms with E-state index in [4.69, 9.17) is 5.11 Å². The number of carboxylic acids is 1. The Hall–Kier alpha value is -1.65. The van der Waals surface area contributed by atoms with E-state index in [9.17, 15) is 4.79 Å². The minimum absolute atomic E-state index is 0.0695. The van der Waals surface area contributed by atoms with Gasteiger partial charge in [0, 0.05) is 18.4 Å². The Bertz CT molecular complexity index is 328. The van der Waals surface area contributed by atoms with Crippen molar-refractivity contribution in [1.82, 2.24) is 9.97 Å². The SMILES string of the molecule is CCN(CC(=O)O)c1nccc(C)n1. The lowest BCUT2D eigenvalue weighted by Crippen LogP contribution is -2.30. The molecule has 0 aromatic carbocycles. The molecule has 0 aliphatic heterocycles. The van der Waals surface area contributed by atoms with E-state index in [1.807, 2.05) is 13.8 Å². The van der Waals surface area contributed by atoms with Crippen LogP contribution in [0.5, 0.6) is 0 Å². The van der Waals surface area contributed by atoms with Crippen LogP contribution in [0, 0.1) is 6.92 Å². The molecule has 0 unspecified atom stereocenters. The third-order valence-electron chi connectivity index (χ3n) is 1.77. The van der Waals surface area contributed by atoms with Gasteiger partial charge in [0.25, 0.3) is 0 Å². The minimum Gasteiger partial charge on any atom is -0.480 e. The number of aromatic nitrogens is 2. The third kappa shape index (κ3) is 2.69. The summed E-state index contributed by atoms with van der Waals surface area (Å²) in [7, 11) is 0. The van der Waals surface area contributed by atoms with E-state index in [1.165, 1.54) is 0 Å². The topological polar surface area (TPSA) is 66.3 Å². The second-order valence-corrected chi connectivity index (χ2v) is 2.91. The van der Waals surface area contributed by atoms with E-state index < -0.39 is 5.97 Å². The van der Waals surface area contributed by atoms with E-state index in [2.05, 4.69) is 9.97 Å². The van der Waals surface area contributed by atoms with Crippen LogP contribution in [0.4, 0.5) is 5.95 Å². The normalized spacial score (nSPS) is 9.86. The van der Waals surface area contributed by atoms with Crippen LogP contribution in [0.1, 0.15) is 12.6 Å². The molecule has 1 heterocycles. The second-order valence-electron chi connectivity index (χ2n) is 2.91. The van der Waals surface area contributed by atoms with E-state index in [0.29, 0.717) is 12.5 Å². The zero-order valence-electron chi connectivity index (χ0n) is 8.27. The van der Waals surface area contributed by atoms with Gasteiger partial charge in [-0.1, -0.05) is 0 Å². The number of carboxylic acid groups (broad SMARTS) is 1. The first-order valence-electron chi connectivity index (χ1n) is 4.40. The van der Waals surface area contributed by atoms with Crippen molar-refractivity contribution in [3.8, 4) is 0 Å². The Labute approximate surface area is 82.4 Å². The van der Waals surface area contributed by atoms with Gasteiger partial charge in [0.1, 0.15) is 6.54 Å². The molecule has 0 saturated heterocycles. The van der Waals surface area contributed by atoms with Crippen LogP contribution in [0.25, 0.3) is 0 Å². The molecule has 0 fully saturated rings. The van der Waals surface area contributed by atoms with Gasteiger partial charge in [-0.05, 0) is 19.9 Å². The van der Waals surface area contributed by atoms with Gasteiger partial charge in [0.15, 0.2) is 0 Å². The van der Waals surface area contributed by atoms with Crippen LogP contribution in [-0.2, 0) is 4.79 Å². The highest BCUT2D eigenvalue weighted by atomic mass is 16.4. The zero-order valence-corrected chi connectivity index (χ0v) is 8.27. The van der Waals surface area contributed by atoms with Crippen molar-refractivity contribution in [1.29, 1.82) is 0 Å². The number of carbonyl (C=O) groups is 1. The van der Waals surface area contributed by atoms with Gasteiger partial charge >= 0.3 is 5.97 Å². The van der Waals surface area contributed by atoms with E-state index >= 15 is 0 Å². The number of hydrogen-bond acceptors (Lipinski definition) is 4. The fourth-order valence-electron chi connectivity index (χ4n) is 1.08.